The predicted octanol–water partition coefficient (Wildman–Crippen LogP) is 2.65. The van der Waals surface area contributed by atoms with Gasteiger partial charge in [-0.05, 0) is 37.1 Å². The van der Waals surface area contributed by atoms with Crippen LogP contribution in [0.3, 0.4) is 0 Å². The number of benzene rings is 1. The van der Waals surface area contributed by atoms with Crippen LogP contribution in [0.1, 0.15) is 26.2 Å². The first-order valence-corrected chi connectivity index (χ1v) is 6.90. The van der Waals surface area contributed by atoms with Gasteiger partial charge in [-0.1, -0.05) is 6.92 Å². The van der Waals surface area contributed by atoms with Crippen LogP contribution in [0.15, 0.2) is 24.3 Å². The highest BCUT2D eigenvalue weighted by Gasteiger charge is 2.18. The van der Waals surface area contributed by atoms with Gasteiger partial charge in [-0.15, -0.1) is 0 Å². The van der Waals surface area contributed by atoms with E-state index >= 15 is 0 Å². The topological polar surface area (TPSA) is 41.6 Å². The summed E-state index contributed by atoms with van der Waals surface area (Å²) in [6.45, 7) is 3.90. The van der Waals surface area contributed by atoms with Gasteiger partial charge in [-0.2, -0.15) is 0 Å². The molecule has 0 aromatic heterocycles. The van der Waals surface area contributed by atoms with Crippen LogP contribution in [0.4, 0.5) is 11.4 Å². The fraction of sp³-hybridized carbons (Fsp3) is 0.533. The number of nitrogens with zero attached hydrogens (tertiary/aromatic N) is 1. The van der Waals surface area contributed by atoms with Crippen molar-refractivity contribution in [2.45, 2.75) is 32.3 Å². The number of hydrogen-bond donors (Lipinski definition) is 1. The van der Waals surface area contributed by atoms with Crippen molar-refractivity contribution < 1.29 is 9.53 Å². The lowest BCUT2D eigenvalue weighted by molar-refractivity contribution is -0.115. The van der Waals surface area contributed by atoms with Crippen LogP contribution in [-0.2, 0) is 9.53 Å². The standard InChI is InChI=1S/C15H22N2O2/c1-3-15(18)16-12-4-6-13(7-5-12)17-10-8-14(19-2)9-11-17/h4-7,14H,3,8-11H2,1-2H3,(H,16,18). The summed E-state index contributed by atoms with van der Waals surface area (Å²) >= 11 is 0. The molecule has 0 spiro atoms. The number of ether oxygens (including phenoxy) is 1. The van der Waals surface area contributed by atoms with Gasteiger partial charge in [-0.25, -0.2) is 0 Å². The molecular weight excluding hydrogens is 240 g/mol. The normalized spacial score (nSPS) is 16.4. The first-order valence-electron chi connectivity index (χ1n) is 6.90. The average Bonchev–Trinajstić information content (AvgIpc) is 2.48. The van der Waals surface area contributed by atoms with Crippen molar-refractivity contribution in [1.29, 1.82) is 0 Å². The zero-order valence-corrected chi connectivity index (χ0v) is 11.7. The number of methoxy groups -OCH3 is 1. The number of anilines is 2. The zero-order valence-electron chi connectivity index (χ0n) is 11.7. The molecular formula is C15H22N2O2. The number of rotatable bonds is 4. The Morgan fingerprint density at radius 3 is 2.47 bits per heavy atom. The summed E-state index contributed by atoms with van der Waals surface area (Å²) in [4.78, 5) is 13.7. The third-order valence-electron chi connectivity index (χ3n) is 3.61. The van der Waals surface area contributed by atoms with E-state index in [0.29, 0.717) is 12.5 Å². The molecule has 0 aliphatic carbocycles. The molecule has 1 aliphatic heterocycles. The van der Waals surface area contributed by atoms with Gasteiger partial charge < -0.3 is 15.0 Å². The third kappa shape index (κ3) is 3.70. The molecule has 0 saturated carbocycles. The Hall–Kier alpha value is -1.55. The lowest BCUT2D eigenvalue weighted by atomic mass is 10.1. The molecule has 19 heavy (non-hydrogen) atoms. The van der Waals surface area contributed by atoms with Gasteiger partial charge in [0.2, 0.25) is 5.91 Å². The van der Waals surface area contributed by atoms with Crippen molar-refractivity contribution in [2.24, 2.45) is 0 Å². The molecule has 1 aromatic rings. The van der Waals surface area contributed by atoms with E-state index in [1.807, 2.05) is 19.1 Å². The van der Waals surface area contributed by atoms with Gasteiger partial charge >= 0.3 is 0 Å². The number of piperidine rings is 1. The van der Waals surface area contributed by atoms with E-state index in [-0.39, 0.29) is 5.91 Å². The Labute approximate surface area is 114 Å². The molecule has 2 rings (SSSR count). The Morgan fingerprint density at radius 1 is 1.32 bits per heavy atom. The minimum atomic E-state index is 0.0497. The smallest absolute Gasteiger partial charge is 0.224 e. The zero-order chi connectivity index (χ0) is 13.7. The molecule has 0 atom stereocenters. The maximum atomic E-state index is 11.3. The van der Waals surface area contributed by atoms with Crippen LogP contribution in [0.2, 0.25) is 0 Å². The monoisotopic (exact) mass is 262 g/mol. The fourth-order valence-corrected chi connectivity index (χ4v) is 2.35. The van der Waals surface area contributed by atoms with Gasteiger partial charge in [0.15, 0.2) is 0 Å². The summed E-state index contributed by atoms with van der Waals surface area (Å²) in [6, 6.07) is 8.06. The molecule has 4 heteroatoms. The average molecular weight is 262 g/mol. The van der Waals surface area contributed by atoms with Crippen molar-refractivity contribution in [3.63, 3.8) is 0 Å². The van der Waals surface area contributed by atoms with Crippen molar-refractivity contribution >= 4 is 17.3 Å². The van der Waals surface area contributed by atoms with E-state index in [1.165, 1.54) is 5.69 Å². The Morgan fingerprint density at radius 2 is 1.95 bits per heavy atom. The van der Waals surface area contributed by atoms with E-state index < -0.39 is 0 Å². The molecule has 1 amide bonds. The van der Waals surface area contributed by atoms with Crippen molar-refractivity contribution in [2.75, 3.05) is 30.4 Å². The number of nitrogens with one attached hydrogen (secondary N) is 1. The van der Waals surface area contributed by atoms with E-state index in [1.54, 1.807) is 7.11 Å². The molecule has 4 nitrogen and oxygen atoms in total. The number of carbonyl (C=O) groups excluding carboxylic acids is 1. The second-order valence-electron chi connectivity index (χ2n) is 4.87. The quantitative estimate of drug-likeness (QED) is 0.907. The van der Waals surface area contributed by atoms with E-state index in [2.05, 4.69) is 22.3 Å². The number of amides is 1. The Bertz CT molecular complexity index is 409. The molecule has 104 valence electrons. The number of carbonyl (C=O) groups is 1. The molecule has 1 aliphatic rings. The molecule has 0 bridgehead atoms. The lowest BCUT2D eigenvalue weighted by Gasteiger charge is -2.33. The van der Waals surface area contributed by atoms with Gasteiger partial charge in [0.25, 0.3) is 0 Å². The van der Waals surface area contributed by atoms with E-state index in [4.69, 9.17) is 4.74 Å². The highest BCUT2D eigenvalue weighted by molar-refractivity contribution is 5.90. The molecule has 1 N–H and O–H groups in total. The van der Waals surface area contributed by atoms with Crippen molar-refractivity contribution in [1.82, 2.24) is 0 Å². The maximum absolute atomic E-state index is 11.3. The lowest BCUT2D eigenvalue weighted by Crippen LogP contribution is -2.36. The number of hydrogen-bond acceptors (Lipinski definition) is 3. The first kappa shape index (κ1) is 13.9. The highest BCUT2D eigenvalue weighted by atomic mass is 16.5. The summed E-state index contributed by atoms with van der Waals surface area (Å²) in [5, 5.41) is 2.86. The Balaban J connectivity index is 1.93. The van der Waals surface area contributed by atoms with Gasteiger partial charge in [0.1, 0.15) is 0 Å². The molecule has 1 heterocycles. The molecule has 0 unspecified atom stereocenters. The molecule has 0 radical (unpaired) electrons. The van der Waals surface area contributed by atoms with Crippen LogP contribution < -0.4 is 10.2 Å². The van der Waals surface area contributed by atoms with Crippen LogP contribution in [0.25, 0.3) is 0 Å². The fourth-order valence-electron chi connectivity index (χ4n) is 2.35. The summed E-state index contributed by atoms with van der Waals surface area (Å²) in [5.41, 5.74) is 2.08. The molecule has 1 saturated heterocycles. The van der Waals surface area contributed by atoms with Crippen LogP contribution in [-0.4, -0.2) is 32.2 Å². The van der Waals surface area contributed by atoms with Crippen LogP contribution >= 0.6 is 0 Å². The predicted molar refractivity (Wildman–Crippen MR) is 77.6 cm³/mol. The minimum Gasteiger partial charge on any atom is -0.381 e. The highest BCUT2D eigenvalue weighted by Crippen LogP contribution is 2.22. The van der Waals surface area contributed by atoms with Crippen LogP contribution in [0.5, 0.6) is 0 Å². The van der Waals surface area contributed by atoms with Crippen LogP contribution in [0, 0.1) is 0 Å². The Kier molecular flexibility index (Phi) is 4.80. The second-order valence-corrected chi connectivity index (χ2v) is 4.87. The van der Waals surface area contributed by atoms with E-state index in [9.17, 15) is 4.79 Å². The van der Waals surface area contributed by atoms with Gasteiger partial charge in [0.05, 0.1) is 6.10 Å². The molecule has 1 aromatic carbocycles. The minimum absolute atomic E-state index is 0.0497. The summed E-state index contributed by atoms with van der Waals surface area (Å²) < 4.78 is 5.38. The van der Waals surface area contributed by atoms with Crippen molar-refractivity contribution in [3.05, 3.63) is 24.3 Å². The van der Waals surface area contributed by atoms with Crippen molar-refractivity contribution in [3.8, 4) is 0 Å². The SMILES string of the molecule is CCC(=O)Nc1ccc(N2CCC(OC)CC2)cc1. The van der Waals surface area contributed by atoms with E-state index in [0.717, 1.165) is 31.6 Å². The molecule has 1 fully saturated rings. The van der Waals surface area contributed by atoms with Gasteiger partial charge in [-0.3, -0.25) is 4.79 Å². The maximum Gasteiger partial charge on any atom is 0.224 e. The summed E-state index contributed by atoms with van der Waals surface area (Å²) in [5.74, 6) is 0.0497. The van der Waals surface area contributed by atoms with Gasteiger partial charge in [0, 0.05) is 38.0 Å². The summed E-state index contributed by atoms with van der Waals surface area (Å²) in [6.07, 6.45) is 3.06. The third-order valence-corrected chi connectivity index (χ3v) is 3.61. The first-order chi connectivity index (χ1) is 9.22. The largest absolute Gasteiger partial charge is 0.381 e. The second kappa shape index (κ2) is 6.57. The summed E-state index contributed by atoms with van der Waals surface area (Å²) in [7, 11) is 1.78.